The Morgan fingerprint density at radius 3 is 3.22 bits per heavy atom. The molecule has 1 nitrogen and oxygen atoms in total. The van der Waals surface area contributed by atoms with Crippen molar-refractivity contribution in [3.05, 3.63) is 0 Å². The van der Waals surface area contributed by atoms with Crippen LogP contribution in [0.25, 0.3) is 0 Å². The second-order valence-corrected chi connectivity index (χ2v) is 3.96. The van der Waals surface area contributed by atoms with Gasteiger partial charge in [-0.3, -0.25) is 4.90 Å². The first-order valence-electron chi connectivity index (χ1n) is 3.78. The zero-order valence-corrected chi connectivity index (χ0v) is 6.49. The molecule has 0 unspecified atom stereocenters. The van der Waals surface area contributed by atoms with Gasteiger partial charge in [-0.1, -0.05) is 6.42 Å². The molecule has 2 saturated heterocycles. The normalized spacial score (nSPS) is 36.7. The summed E-state index contributed by atoms with van der Waals surface area (Å²) >= 11 is 2.11. The molecule has 2 heteroatoms. The van der Waals surface area contributed by atoms with E-state index in [-0.39, 0.29) is 0 Å². The summed E-state index contributed by atoms with van der Waals surface area (Å²) in [5.41, 5.74) is 0. The van der Waals surface area contributed by atoms with Crippen LogP contribution >= 0.6 is 11.8 Å². The molecule has 2 aliphatic rings. The Hall–Kier alpha value is 0.310. The second-order valence-electron chi connectivity index (χ2n) is 2.96. The summed E-state index contributed by atoms with van der Waals surface area (Å²) in [5.74, 6) is 2.71. The Balaban J connectivity index is 1.97. The molecule has 0 spiro atoms. The minimum atomic E-state index is 0.962. The first-order chi connectivity index (χ1) is 4.47. The monoisotopic (exact) mass is 143 g/mol. The molecule has 2 rings (SSSR count). The van der Waals surface area contributed by atoms with E-state index in [1.54, 1.807) is 0 Å². The predicted octanol–water partition coefficient (Wildman–Crippen LogP) is 1.55. The molecule has 0 aromatic carbocycles. The third-order valence-electron chi connectivity index (χ3n) is 2.32. The van der Waals surface area contributed by atoms with Crippen LogP contribution in [0, 0.1) is 0 Å². The van der Waals surface area contributed by atoms with Gasteiger partial charge in [0.15, 0.2) is 0 Å². The van der Waals surface area contributed by atoms with Crippen LogP contribution < -0.4 is 0 Å². The lowest BCUT2D eigenvalue weighted by atomic mass is 10.1. The molecule has 0 N–H and O–H groups in total. The molecular weight excluding hydrogens is 130 g/mol. The lowest BCUT2D eigenvalue weighted by Crippen LogP contribution is -2.35. The second kappa shape index (κ2) is 2.51. The number of hydrogen-bond acceptors (Lipinski definition) is 2. The smallest absolute Gasteiger partial charge is 0.0448 e. The Labute approximate surface area is 60.8 Å². The van der Waals surface area contributed by atoms with Crippen molar-refractivity contribution in [2.45, 2.75) is 25.3 Å². The maximum absolute atomic E-state index is 2.63. The summed E-state index contributed by atoms with van der Waals surface area (Å²) in [6, 6.07) is 0.962. The Kier molecular flexibility index (Phi) is 1.68. The topological polar surface area (TPSA) is 3.24 Å². The van der Waals surface area contributed by atoms with Gasteiger partial charge in [0, 0.05) is 17.7 Å². The van der Waals surface area contributed by atoms with Gasteiger partial charge in [0.1, 0.15) is 0 Å². The van der Waals surface area contributed by atoms with Crippen LogP contribution in [0.1, 0.15) is 19.3 Å². The average Bonchev–Trinajstić information content (AvgIpc) is 2.33. The number of hydrogen-bond donors (Lipinski definition) is 0. The van der Waals surface area contributed by atoms with E-state index in [1.165, 1.54) is 37.4 Å². The molecule has 0 aliphatic carbocycles. The zero-order chi connectivity index (χ0) is 6.10. The van der Waals surface area contributed by atoms with Crippen molar-refractivity contribution in [3.63, 3.8) is 0 Å². The van der Waals surface area contributed by atoms with Gasteiger partial charge in [-0.15, -0.1) is 11.8 Å². The molecule has 52 valence electrons. The SMILES string of the molecule is C1CCN2CSC[C@H]2C1. The van der Waals surface area contributed by atoms with Crippen molar-refractivity contribution in [1.29, 1.82) is 0 Å². The van der Waals surface area contributed by atoms with Crippen LogP contribution in [-0.2, 0) is 0 Å². The van der Waals surface area contributed by atoms with Crippen molar-refractivity contribution >= 4 is 11.8 Å². The van der Waals surface area contributed by atoms with Gasteiger partial charge in [0.05, 0.1) is 0 Å². The summed E-state index contributed by atoms with van der Waals surface area (Å²) in [5, 5.41) is 0. The summed E-state index contributed by atoms with van der Waals surface area (Å²) in [7, 11) is 0. The van der Waals surface area contributed by atoms with Crippen molar-refractivity contribution in [2.24, 2.45) is 0 Å². The van der Waals surface area contributed by atoms with Crippen LogP contribution in [0.15, 0.2) is 0 Å². The summed E-state index contributed by atoms with van der Waals surface area (Å²) in [6.07, 6.45) is 4.38. The highest BCUT2D eigenvalue weighted by molar-refractivity contribution is 7.99. The highest BCUT2D eigenvalue weighted by Crippen LogP contribution is 2.27. The number of piperidine rings is 1. The molecule has 2 fully saturated rings. The number of nitrogens with zero attached hydrogens (tertiary/aromatic N) is 1. The summed E-state index contributed by atoms with van der Waals surface area (Å²) in [6.45, 7) is 1.37. The number of fused-ring (bicyclic) bond motifs is 1. The molecule has 0 radical (unpaired) electrons. The molecular formula is C7H13NS. The maximum atomic E-state index is 2.63. The molecule has 1 atom stereocenters. The highest BCUT2D eigenvalue weighted by atomic mass is 32.2. The van der Waals surface area contributed by atoms with Crippen molar-refractivity contribution in [3.8, 4) is 0 Å². The predicted molar refractivity (Wildman–Crippen MR) is 41.7 cm³/mol. The van der Waals surface area contributed by atoms with Crippen molar-refractivity contribution in [1.82, 2.24) is 4.90 Å². The summed E-state index contributed by atoms with van der Waals surface area (Å²) in [4.78, 5) is 2.63. The Morgan fingerprint density at radius 1 is 1.33 bits per heavy atom. The summed E-state index contributed by atoms with van der Waals surface area (Å²) < 4.78 is 0. The Morgan fingerprint density at radius 2 is 2.33 bits per heavy atom. The molecule has 0 saturated carbocycles. The highest BCUT2D eigenvalue weighted by Gasteiger charge is 2.26. The van der Waals surface area contributed by atoms with Gasteiger partial charge >= 0.3 is 0 Å². The van der Waals surface area contributed by atoms with E-state index < -0.39 is 0 Å². The van der Waals surface area contributed by atoms with Gasteiger partial charge in [0.25, 0.3) is 0 Å². The van der Waals surface area contributed by atoms with Gasteiger partial charge < -0.3 is 0 Å². The third kappa shape index (κ3) is 1.10. The van der Waals surface area contributed by atoms with E-state index in [1.807, 2.05) is 0 Å². The number of rotatable bonds is 0. The molecule has 0 amide bonds. The largest absolute Gasteiger partial charge is 0.290 e. The first-order valence-corrected chi connectivity index (χ1v) is 4.94. The van der Waals surface area contributed by atoms with Crippen molar-refractivity contribution in [2.75, 3.05) is 18.2 Å². The molecule has 9 heavy (non-hydrogen) atoms. The average molecular weight is 143 g/mol. The third-order valence-corrected chi connectivity index (χ3v) is 3.45. The van der Waals surface area contributed by atoms with Gasteiger partial charge in [-0.25, -0.2) is 0 Å². The fourth-order valence-corrected chi connectivity index (χ4v) is 3.05. The van der Waals surface area contributed by atoms with E-state index in [2.05, 4.69) is 16.7 Å². The van der Waals surface area contributed by atoms with E-state index >= 15 is 0 Å². The Bertz CT molecular complexity index is 93.1. The van der Waals surface area contributed by atoms with E-state index in [0.29, 0.717) is 0 Å². The molecule has 0 bridgehead atoms. The fraction of sp³-hybridized carbons (Fsp3) is 1.00. The molecule has 0 aromatic heterocycles. The van der Waals surface area contributed by atoms with Crippen LogP contribution in [-0.4, -0.2) is 29.1 Å². The van der Waals surface area contributed by atoms with E-state index in [4.69, 9.17) is 0 Å². The van der Waals surface area contributed by atoms with Gasteiger partial charge in [-0.05, 0) is 19.4 Å². The first kappa shape index (κ1) is 6.05. The lowest BCUT2D eigenvalue weighted by Gasteiger charge is -2.27. The van der Waals surface area contributed by atoms with E-state index in [9.17, 15) is 0 Å². The zero-order valence-electron chi connectivity index (χ0n) is 5.68. The van der Waals surface area contributed by atoms with Crippen LogP contribution in [0.4, 0.5) is 0 Å². The molecule has 2 aliphatic heterocycles. The minimum absolute atomic E-state index is 0.962. The van der Waals surface area contributed by atoms with Gasteiger partial charge in [0.2, 0.25) is 0 Å². The van der Waals surface area contributed by atoms with Crippen LogP contribution in [0.3, 0.4) is 0 Å². The fourth-order valence-electron chi connectivity index (χ4n) is 1.72. The standard InChI is InChI=1S/C7H13NS/c1-2-4-8-6-9-5-7(8)3-1/h7H,1-6H2/t7-/m1/s1. The van der Waals surface area contributed by atoms with Crippen LogP contribution in [0.2, 0.25) is 0 Å². The van der Waals surface area contributed by atoms with Crippen LogP contribution in [0.5, 0.6) is 0 Å². The van der Waals surface area contributed by atoms with Crippen molar-refractivity contribution < 1.29 is 0 Å². The molecule has 0 aromatic rings. The van der Waals surface area contributed by atoms with Gasteiger partial charge in [-0.2, -0.15) is 0 Å². The maximum Gasteiger partial charge on any atom is 0.0448 e. The number of thioether (sulfide) groups is 1. The van der Waals surface area contributed by atoms with E-state index in [0.717, 1.165) is 6.04 Å². The minimum Gasteiger partial charge on any atom is -0.290 e. The lowest BCUT2D eigenvalue weighted by molar-refractivity contribution is 0.207. The molecule has 2 heterocycles. The quantitative estimate of drug-likeness (QED) is 0.506.